The second kappa shape index (κ2) is 7.38. The quantitative estimate of drug-likeness (QED) is 0.851. The van der Waals surface area contributed by atoms with E-state index in [1.807, 2.05) is 17.7 Å². The van der Waals surface area contributed by atoms with Crippen LogP contribution in [-0.2, 0) is 6.54 Å². The maximum absolute atomic E-state index is 6.34. The van der Waals surface area contributed by atoms with Crippen molar-refractivity contribution in [3.8, 4) is 5.88 Å². The fourth-order valence-corrected chi connectivity index (χ4v) is 2.47. The number of aryl methyl sites for hydroxylation is 1. The molecule has 0 aliphatic rings. The number of nitrogens with one attached hydrogen (secondary N) is 1. The van der Waals surface area contributed by atoms with Crippen LogP contribution in [0, 0.1) is 0 Å². The summed E-state index contributed by atoms with van der Waals surface area (Å²) < 4.78 is 7.10. The molecular formula is C14H20ClN5O. The van der Waals surface area contributed by atoms with E-state index in [9.17, 15) is 0 Å². The van der Waals surface area contributed by atoms with Crippen molar-refractivity contribution in [2.45, 2.75) is 32.9 Å². The van der Waals surface area contributed by atoms with E-state index < -0.39 is 0 Å². The molecular weight excluding hydrogens is 290 g/mol. The molecule has 0 aromatic carbocycles. The summed E-state index contributed by atoms with van der Waals surface area (Å²) in [4.78, 5) is 8.40. The third kappa shape index (κ3) is 3.51. The van der Waals surface area contributed by atoms with Gasteiger partial charge in [-0.05, 0) is 13.0 Å². The molecule has 0 aliphatic carbocycles. The molecule has 2 aromatic rings. The molecule has 1 N–H and O–H groups in total. The molecule has 114 valence electrons. The van der Waals surface area contributed by atoms with Crippen LogP contribution in [0.3, 0.4) is 0 Å². The van der Waals surface area contributed by atoms with E-state index >= 15 is 0 Å². The monoisotopic (exact) mass is 309 g/mol. The van der Waals surface area contributed by atoms with E-state index in [-0.39, 0.29) is 6.04 Å². The number of hydrogen-bond acceptors (Lipinski definition) is 5. The largest absolute Gasteiger partial charge is 0.481 e. The highest BCUT2D eigenvalue weighted by Gasteiger charge is 2.23. The number of methoxy groups -OCH3 is 1. The van der Waals surface area contributed by atoms with Crippen molar-refractivity contribution in [1.29, 1.82) is 0 Å². The topological polar surface area (TPSA) is 64.9 Å². The average Bonchev–Trinajstić information content (AvgIpc) is 2.86. The van der Waals surface area contributed by atoms with Gasteiger partial charge >= 0.3 is 0 Å². The molecule has 0 spiro atoms. The number of ether oxygens (including phenoxy) is 1. The van der Waals surface area contributed by atoms with Crippen LogP contribution in [-0.4, -0.2) is 33.4 Å². The lowest BCUT2D eigenvalue weighted by molar-refractivity contribution is 0.394. The van der Waals surface area contributed by atoms with E-state index in [0.717, 1.165) is 30.9 Å². The van der Waals surface area contributed by atoms with Gasteiger partial charge in [0.15, 0.2) is 0 Å². The molecule has 0 saturated carbocycles. The van der Waals surface area contributed by atoms with Crippen molar-refractivity contribution in [2.75, 3.05) is 13.7 Å². The highest BCUT2D eigenvalue weighted by molar-refractivity contribution is 6.31. The molecule has 2 heterocycles. The lowest BCUT2D eigenvalue weighted by atomic mass is 10.1. The first-order valence-corrected chi connectivity index (χ1v) is 7.39. The van der Waals surface area contributed by atoms with Crippen LogP contribution in [0.4, 0.5) is 0 Å². The molecule has 7 heteroatoms. The Morgan fingerprint density at radius 3 is 2.86 bits per heavy atom. The maximum Gasteiger partial charge on any atom is 0.216 e. The van der Waals surface area contributed by atoms with Crippen LogP contribution in [0.15, 0.2) is 18.6 Å². The Bertz CT molecular complexity index is 586. The van der Waals surface area contributed by atoms with Crippen LogP contribution >= 0.6 is 11.6 Å². The number of hydrogen-bond donors (Lipinski definition) is 1. The zero-order valence-electron chi connectivity index (χ0n) is 12.5. The smallest absolute Gasteiger partial charge is 0.216 e. The average molecular weight is 310 g/mol. The van der Waals surface area contributed by atoms with Crippen LogP contribution in [0.1, 0.15) is 37.7 Å². The fourth-order valence-electron chi connectivity index (χ4n) is 2.22. The number of rotatable bonds is 7. The van der Waals surface area contributed by atoms with E-state index in [1.165, 1.54) is 6.33 Å². The third-order valence-electron chi connectivity index (χ3n) is 3.12. The van der Waals surface area contributed by atoms with Gasteiger partial charge in [0.25, 0.3) is 0 Å². The summed E-state index contributed by atoms with van der Waals surface area (Å²) in [6, 6.07) is 1.67. The van der Waals surface area contributed by atoms with Crippen molar-refractivity contribution >= 4 is 11.6 Å². The van der Waals surface area contributed by atoms with Gasteiger partial charge < -0.3 is 10.1 Å². The summed E-state index contributed by atoms with van der Waals surface area (Å²) in [7, 11) is 1.59. The van der Waals surface area contributed by atoms with Gasteiger partial charge in [0.2, 0.25) is 5.88 Å². The van der Waals surface area contributed by atoms with Gasteiger partial charge in [0, 0.05) is 12.6 Å². The van der Waals surface area contributed by atoms with Crippen molar-refractivity contribution in [3.63, 3.8) is 0 Å². The number of nitrogens with zero attached hydrogens (tertiary/aromatic N) is 4. The molecule has 2 rings (SSSR count). The molecule has 0 saturated heterocycles. The molecule has 6 nitrogen and oxygen atoms in total. The maximum atomic E-state index is 6.34. The second-order valence-corrected chi connectivity index (χ2v) is 4.98. The standard InChI is InChI=1S/C14H20ClN5O/c1-4-6-20-14(10(15)8-19-20)13(16-5-2)11-7-12(21-3)18-9-17-11/h7-9,13,16H,4-6H2,1-3H3. The van der Waals surface area contributed by atoms with E-state index in [1.54, 1.807) is 13.3 Å². The number of aromatic nitrogens is 4. The second-order valence-electron chi connectivity index (χ2n) is 4.58. The highest BCUT2D eigenvalue weighted by atomic mass is 35.5. The SMILES string of the molecule is CCCn1ncc(Cl)c1C(NCC)c1cc(OC)ncn1. The Labute approximate surface area is 129 Å². The molecule has 21 heavy (non-hydrogen) atoms. The Morgan fingerprint density at radius 2 is 2.19 bits per heavy atom. The van der Waals surface area contributed by atoms with Gasteiger partial charge in [0.1, 0.15) is 6.33 Å². The number of halogens is 1. The first-order valence-electron chi connectivity index (χ1n) is 7.01. The summed E-state index contributed by atoms with van der Waals surface area (Å²) in [5, 5.41) is 8.38. The molecule has 0 radical (unpaired) electrons. The highest BCUT2D eigenvalue weighted by Crippen LogP contribution is 2.28. The lowest BCUT2D eigenvalue weighted by Crippen LogP contribution is -2.26. The molecule has 1 atom stereocenters. The zero-order chi connectivity index (χ0) is 15.2. The molecule has 2 aromatic heterocycles. The van der Waals surface area contributed by atoms with Crippen LogP contribution in [0.2, 0.25) is 5.02 Å². The third-order valence-corrected chi connectivity index (χ3v) is 3.41. The van der Waals surface area contributed by atoms with Gasteiger partial charge in [0.05, 0.1) is 35.8 Å². The van der Waals surface area contributed by atoms with Gasteiger partial charge in [-0.25, -0.2) is 9.97 Å². The van der Waals surface area contributed by atoms with Crippen LogP contribution in [0.5, 0.6) is 5.88 Å². The van der Waals surface area contributed by atoms with Crippen LogP contribution in [0.25, 0.3) is 0 Å². The first kappa shape index (κ1) is 15.7. The fraction of sp³-hybridized carbons (Fsp3) is 0.500. The zero-order valence-corrected chi connectivity index (χ0v) is 13.3. The summed E-state index contributed by atoms with van der Waals surface area (Å²) in [5.41, 5.74) is 1.73. The van der Waals surface area contributed by atoms with Gasteiger partial charge in [-0.2, -0.15) is 5.10 Å². The summed E-state index contributed by atoms with van der Waals surface area (Å²) >= 11 is 6.34. The van der Waals surface area contributed by atoms with Crippen molar-refractivity contribution in [3.05, 3.63) is 35.0 Å². The predicted molar refractivity (Wildman–Crippen MR) is 81.6 cm³/mol. The molecule has 0 fully saturated rings. The van der Waals surface area contributed by atoms with E-state index in [0.29, 0.717) is 10.9 Å². The Hall–Kier alpha value is -1.66. The summed E-state index contributed by atoms with van der Waals surface area (Å²) in [5.74, 6) is 0.528. The van der Waals surface area contributed by atoms with E-state index in [2.05, 4.69) is 27.3 Å². The predicted octanol–water partition coefficient (Wildman–Crippen LogP) is 2.44. The van der Waals surface area contributed by atoms with Crippen LogP contribution < -0.4 is 10.1 Å². The minimum atomic E-state index is -0.145. The Kier molecular flexibility index (Phi) is 5.52. The lowest BCUT2D eigenvalue weighted by Gasteiger charge is -2.19. The normalized spacial score (nSPS) is 12.4. The summed E-state index contributed by atoms with van der Waals surface area (Å²) in [6.45, 7) is 5.74. The molecule has 0 aliphatic heterocycles. The van der Waals surface area contributed by atoms with Crippen molar-refractivity contribution < 1.29 is 4.74 Å². The molecule has 0 bridgehead atoms. The first-order chi connectivity index (χ1) is 10.2. The van der Waals surface area contributed by atoms with Crippen molar-refractivity contribution in [2.24, 2.45) is 0 Å². The molecule has 0 amide bonds. The van der Waals surface area contributed by atoms with Gasteiger partial charge in [-0.1, -0.05) is 25.4 Å². The Morgan fingerprint density at radius 1 is 1.38 bits per heavy atom. The Balaban J connectivity index is 2.45. The van der Waals surface area contributed by atoms with Gasteiger partial charge in [-0.15, -0.1) is 0 Å². The molecule has 1 unspecified atom stereocenters. The van der Waals surface area contributed by atoms with Gasteiger partial charge in [-0.3, -0.25) is 4.68 Å². The minimum Gasteiger partial charge on any atom is -0.481 e. The minimum absolute atomic E-state index is 0.145. The van der Waals surface area contributed by atoms with Crippen molar-refractivity contribution in [1.82, 2.24) is 25.1 Å². The van der Waals surface area contributed by atoms with E-state index in [4.69, 9.17) is 16.3 Å². The summed E-state index contributed by atoms with van der Waals surface area (Å²) in [6.07, 6.45) is 4.15.